The lowest BCUT2D eigenvalue weighted by molar-refractivity contribution is -0.384. The Hall–Kier alpha value is -2.69. The van der Waals surface area contributed by atoms with E-state index in [9.17, 15) is 24.5 Å². The molecule has 8 nitrogen and oxygen atoms in total. The molecule has 2 aromatic rings. The number of thiophene rings is 1. The summed E-state index contributed by atoms with van der Waals surface area (Å²) in [5.41, 5.74) is 0.676. The smallest absolute Gasteiger partial charge is 0.293 e. The molecule has 11 heteroatoms. The van der Waals surface area contributed by atoms with E-state index in [-0.39, 0.29) is 34.6 Å². The Morgan fingerprint density at radius 3 is 2.67 bits per heavy atom. The van der Waals surface area contributed by atoms with Crippen LogP contribution in [-0.2, 0) is 4.79 Å². The predicted molar refractivity (Wildman–Crippen MR) is 117 cm³/mol. The van der Waals surface area contributed by atoms with E-state index in [1.165, 1.54) is 35.6 Å². The molecular weight excluding hydrogens is 450 g/mol. The Morgan fingerprint density at radius 1 is 1.30 bits per heavy atom. The van der Waals surface area contributed by atoms with E-state index < -0.39 is 16.1 Å². The molecule has 1 aliphatic rings. The highest BCUT2D eigenvalue weighted by Crippen LogP contribution is 2.33. The van der Waals surface area contributed by atoms with E-state index in [0.29, 0.717) is 11.1 Å². The number of hydrogen-bond acceptors (Lipinski definition) is 7. The van der Waals surface area contributed by atoms with Crippen molar-refractivity contribution in [2.45, 2.75) is 13.8 Å². The van der Waals surface area contributed by atoms with Crippen molar-refractivity contribution in [2.75, 3.05) is 13.1 Å². The van der Waals surface area contributed by atoms with Gasteiger partial charge in [-0.05, 0) is 49.4 Å². The van der Waals surface area contributed by atoms with Crippen molar-refractivity contribution in [1.29, 1.82) is 0 Å². The van der Waals surface area contributed by atoms with Crippen molar-refractivity contribution < 1.29 is 19.3 Å². The second kappa shape index (κ2) is 8.99. The largest absolute Gasteiger partial charge is 0.350 e. The third-order valence-corrected chi connectivity index (χ3v) is 6.44. The lowest BCUT2D eigenvalue weighted by atomic mass is 10.2. The molecule has 0 spiro atoms. The summed E-state index contributed by atoms with van der Waals surface area (Å²) in [6.45, 7) is 3.91. The van der Waals surface area contributed by atoms with Gasteiger partial charge in [-0.15, -0.1) is 11.3 Å². The quantitative estimate of drug-likeness (QED) is 0.385. The number of nitro groups is 1. The molecule has 1 aromatic carbocycles. The minimum Gasteiger partial charge on any atom is -0.350 e. The Balaban J connectivity index is 1.65. The van der Waals surface area contributed by atoms with Gasteiger partial charge in [0, 0.05) is 28.9 Å². The van der Waals surface area contributed by atoms with Gasteiger partial charge in [-0.2, -0.15) is 0 Å². The maximum atomic E-state index is 12.6. The zero-order valence-electron chi connectivity index (χ0n) is 15.9. The van der Waals surface area contributed by atoms with Crippen LogP contribution in [0.25, 0.3) is 6.08 Å². The molecule has 0 radical (unpaired) electrons. The fourth-order valence-corrected chi connectivity index (χ4v) is 4.81. The third-order valence-electron chi connectivity index (χ3n) is 4.24. The van der Waals surface area contributed by atoms with Gasteiger partial charge in [0.1, 0.15) is 5.02 Å². The van der Waals surface area contributed by atoms with Crippen LogP contribution in [0, 0.1) is 24.0 Å². The van der Waals surface area contributed by atoms with E-state index in [1.807, 2.05) is 13.8 Å². The van der Waals surface area contributed by atoms with E-state index in [0.717, 1.165) is 26.4 Å². The molecule has 1 aliphatic heterocycles. The van der Waals surface area contributed by atoms with Gasteiger partial charge in [0.05, 0.1) is 15.4 Å². The average molecular weight is 466 g/mol. The van der Waals surface area contributed by atoms with Gasteiger partial charge in [-0.1, -0.05) is 17.7 Å². The van der Waals surface area contributed by atoms with Gasteiger partial charge in [0.2, 0.25) is 0 Å². The zero-order valence-corrected chi connectivity index (χ0v) is 18.3. The number of carbonyl (C=O) groups excluding carboxylic acids is 3. The third kappa shape index (κ3) is 4.72. The molecule has 0 aliphatic carbocycles. The molecule has 0 atom stereocenters. The first-order valence-corrected chi connectivity index (χ1v) is 10.7. The second-order valence-electron chi connectivity index (χ2n) is 6.38. The molecule has 156 valence electrons. The summed E-state index contributed by atoms with van der Waals surface area (Å²) in [6.07, 6.45) is 1.41. The minimum absolute atomic E-state index is 0.0166. The summed E-state index contributed by atoms with van der Waals surface area (Å²) < 4.78 is 0. The molecule has 3 amide bonds. The monoisotopic (exact) mass is 465 g/mol. The number of thioether (sulfide) groups is 1. The van der Waals surface area contributed by atoms with Crippen molar-refractivity contribution in [1.82, 2.24) is 10.2 Å². The molecule has 0 unspecified atom stereocenters. The lowest BCUT2D eigenvalue weighted by Crippen LogP contribution is -2.37. The van der Waals surface area contributed by atoms with Gasteiger partial charge >= 0.3 is 0 Å². The predicted octanol–water partition coefficient (Wildman–Crippen LogP) is 4.39. The van der Waals surface area contributed by atoms with E-state index in [4.69, 9.17) is 11.6 Å². The van der Waals surface area contributed by atoms with Crippen LogP contribution in [0.1, 0.15) is 25.7 Å². The number of carbonyl (C=O) groups is 3. The molecule has 0 saturated carbocycles. The van der Waals surface area contributed by atoms with Crippen LogP contribution in [0.4, 0.5) is 10.5 Å². The van der Waals surface area contributed by atoms with Crippen molar-refractivity contribution in [3.63, 3.8) is 0 Å². The topological polar surface area (TPSA) is 110 Å². The van der Waals surface area contributed by atoms with E-state index >= 15 is 0 Å². The Bertz CT molecular complexity index is 1100. The van der Waals surface area contributed by atoms with Gasteiger partial charge < -0.3 is 5.32 Å². The summed E-state index contributed by atoms with van der Waals surface area (Å²) in [7, 11) is 0. The van der Waals surface area contributed by atoms with Crippen LogP contribution in [0.2, 0.25) is 5.02 Å². The van der Waals surface area contributed by atoms with Crippen LogP contribution >= 0.6 is 34.7 Å². The van der Waals surface area contributed by atoms with Crippen LogP contribution in [0.15, 0.2) is 29.2 Å². The highest BCUT2D eigenvalue weighted by Gasteiger charge is 2.34. The lowest BCUT2D eigenvalue weighted by Gasteiger charge is -2.13. The van der Waals surface area contributed by atoms with Gasteiger partial charge in [-0.25, -0.2) is 0 Å². The summed E-state index contributed by atoms with van der Waals surface area (Å²) in [4.78, 5) is 50.5. The number of rotatable bonds is 6. The standard InChI is InChI=1S/C19H16ClN3O5S2/c1-10-7-13(11(2)29-10)17(24)21-5-6-22-18(25)16(30-19(22)26)9-12-3-4-14(20)15(8-12)23(27)28/h3-4,7-9H,5-6H2,1-2H3,(H,21,24)/b16-9+. The maximum absolute atomic E-state index is 12.6. The molecule has 1 saturated heterocycles. The Morgan fingerprint density at radius 2 is 2.03 bits per heavy atom. The number of nitrogens with one attached hydrogen (secondary N) is 1. The number of aryl methyl sites for hydroxylation is 2. The first-order chi connectivity index (χ1) is 14.2. The zero-order chi connectivity index (χ0) is 22.0. The van der Waals surface area contributed by atoms with Crippen LogP contribution in [0.3, 0.4) is 0 Å². The van der Waals surface area contributed by atoms with E-state index in [2.05, 4.69) is 5.32 Å². The molecule has 30 heavy (non-hydrogen) atoms. The van der Waals surface area contributed by atoms with Crippen LogP contribution in [-0.4, -0.2) is 40.0 Å². The van der Waals surface area contributed by atoms with Gasteiger partial charge in [0.25, 0.3) is 22.7 Å². The fourth-order valence-electron chi connectivity index (χ4n) is 2.84. The molecular formula is C19H16ClN3O5S2. The maximum Gasteiger partial charge on any atom is 0.293 e. The molecule has 2 heterocycles. The Kier molecular flexibility index (Phi) is 6.59. The number of benzene rings is 1. The van der Waals surface area contributed by atoms with Gasteiger partial charge in [-0.3, -0.25) is 29.4 Å². The molecule has 1 fully saturated rings. The van der Waals surface area contributed by atoms with Crippen molar-refractivity contribution in [2.24, 2.45) is 0 Å². The van der Waals surface area contributed by atoms with E-state index in [1.54, 1.807) is 6.07 Å². The first-order valence-electron chi connectivity index (χ1n) is 8.72. The number of halogens is 1. The average Bonchev–Trinajstić information content (AvgIpc) is 3.15. The molecule has 1 aromatic heterocycles. The SMILES string of the molecule is Cc1cc(C(=O)NCCN2C(=O)S/C(=C/c3ccc(Cl)c([N+](=O)[O-])c3)C2=O)c(C)s1. The second-order valence-corrected chi connectivity index (χ2v) is 9.24. The van der Waals surface area contributed by atoms with Crippen molar-refractivity contribution >= 4 is 63.5 Å². The fraction of sp³-hybridized carbons (Fsp3) is 0.211. The number of amides is 3. The highest BCUT2D eigenvalue weighted by molar-refractivity contribution is 8.18. The summed E-state index contributed by atoms with van der Waals surface area (Å²) in [6, 6.07) is 5.92. The number of imide groups is 1. The van der Waals surface area contributed by atoms with Gasteiger partial charge in [0.15, 0.2) is 0 Å². The normalized spacial score (nSPS) is 15.2. The highest BCUT2D eigenvalue weighted by atomic mass is 35.5. The van der Waals surface area contributed by atoms with Crippen molar-refractivity contribution in [3.8, 4) is 0 Å². The summed E-state index contributed by atoms with van der Waals surface area (Å²) >= 11 is 8.05. The number of nitrogens with zero attached hydrogens (tertiary/aromatic N) is 2. The van der Waals surface area contributed by atoms with Crippen molar-refractivity contribution in [3.05, 3.63) is 65.2 Å². The van der Waals surface area contributed by atoms with Crippen LogP contribution in [0.5, 0.6) is 0 Å². The van der Waals surface area contributed by atoms with Crippen LogP contribution < -0.4 is 5.32 Å². The molecule has 3 rings (SSSR count). The summed E-state index contributed by atoms with van der Waals surface area (Å²) in [5, 5.41) is 13.2. The first kappa shape index (κ1) is 22.0. The number of hydrogen-bond donors (Lipinski definition) is 1. The summed E-state index contributed by atoms with van der Waals surface area (Å²) in [5.74, 6) is -0.771. The minimum atomic E-state index is -0.620. The number of nitro benzene ring substituents is 1. The molecule has 1 N–H and O–H groups in total. The Labute approximate surface area is 185 Å². The molecule has 0 bridgehead atoms.